The van der Waals surface area contributed by atoms with E-state index < -0.39 is 5.97 Å². The van der Waals surface area contributed by atoms with Crippen molar-refractivity contribution < 1.29 is 24.1 Å². The van der Waals surface area contributed by atoms with Crippen LogP contribution in [0, 0.1) is 0 Å². The lowest BCUT2D eigenvalue weighted by molar-refractivity contribution is 0.0596. The number of rotatable bonds is 3. The van der Waals surface area contributed by atoms with Gasteiger partial charge in [-0.25, -0.2) is 4.79 Å². The summed E-state index contributed by atoms with van der Waals surface area (Å²) in [4.78, 5) is 11.3. The molecule has 1 N–H and O–H groups in total. The lowest BCUT2D eigenvalue weighted by atomic mass is 10.2. The Morgan fingerprint density at radius 3 is 2.20 bits per heavy atom. The summed E-state index contributed by atoms with van der Waals surface area (Å²) in [6.07, 6.45) is 0. The van der Waals surface area contributed by atoms with E-state index >= 15 is 0 Å². The van der Waals surface area contributed by atoms with Crippen molar-refractivity contribution in [2.75, 3.05) is 21.3 Å². The van der Waals surface area contributed by atoms with Crippen molar-refractivity contribution in [1.82, 2.24) is 0 Å². The highest BCUT2D eigenvalue weighted by molar-refractivity contribution is 5.93. The molecular formula is C10H12O5. The summed E-state index contributed by atoms with van der Waals surface area (Å²) < 4.78 is 14.4. The summed E-state index contributed by atoms with van der Waals surface area (Å²) in [5, 5.41) is 9.44. The van der Waals surface area contributed by atoms with Crippen molar-refractivity contribution in [3.8, 4) is 17.2 Å². The molecule has 0 amide bonds. The van der Waals surface area contributed by atoms with Gasteiger partial charge in [0.1, 0.15) is 11.3 Å². The van der Waals surface area contributed by atoms with E-state index in [2.05, 4.69) is 4.74 Å². The standard InChI is InChI=1S/C10H12O5/c1-13-8-5-7(11)9(14-2)4-6(8)10(12)15-3/h4-5,11H,1-3H3. The van der Waals surface area contributed by atoms with Crippen LogP contribution in [0.1, 0.15) is 10.4 Å². The first kappa shape index (κ1) is 11.2. The Balaban J connectivity index is 3.28. The third-order valence-electron chi connectivity index (χ3n) is 1.91. The van der Waals surface area contributed by atoms with Gasteiger partial charge in [-0.3, -0.25) is 0 Å². The largest absolute Gasteiger partial charge is 0.504 e. The molecule has 1 rings (SSSR count). The van der Waals surface area contributed by atoms with E-state index in [0.717, 1.165) is 0 Å². The molecule has 0 saturated carbocycles. The van der Waals surface area contributed by atoms with Gasteiger partial charge in [-0.05, 0) is 0 Å². The fraction of sp³-hybridized carbons (Fsp3) is 0.300. The van der Waals surface area contributed by atoms with Crippen LogP contribution in [0.15, 0.2) is 12.1 Å². The van der Waals surface area contributed by atoms with Crippen molar-refractivity contribution in [2.24, 2.45) is 0 Å². The summed E-state index contributed by atoms with van der Waals surface area (Å²) >= 11 is 0. The van der Waals surface area contributed by atoms with Gasteiger partial charge in [0.25, 0.3) is 0 Å². The molecule has 0 aliphatic carbocycles. The molecule has 1 aromatic rings. The molecule has 5 nitrogen and oxygen atoms in total. The fourth-order valence-electron chi connectivity index (χ4n) is 1.15. The Bertz CT molecular complexity index is 372. The Hall–Kier alpha value is -1.91. The second-order valence-electron chi connectivity index (χ2n) is 2.72. The minimum atomic E-state index is -0.551. The number of benzene rings is 1. The number of aromatic hydroxyl groups is 1. The topological polar surface area (TPSA) is 65.0 Å². The Labute approximate surface area is 87.2 Å². The van der Waals surface area contributed by atoms with Gasteiger partial charge >= 0.3 is 5.97 Å². The average molecular weight is 212 g/mol. The average Bonchev–Trinajstić information content (AvgIpc) is 2.27. The molecule has 0 bridgehead atoms. The Kier molecular flexibility index (Phi) is 3.38. The highest BCUT2D eigenvalue weighted by Gasteiger charge is 2.16. The van der Waals surface area contributed by atoms with Crippen LogP contribution in [0.2, 0.25) is 0 Å². The van der Waals surface area contributed by atoms with Crippen molar-refractivity contribution in [3.63, 3.8) is 0 Å². The first-order valence-electron chi connectivity index (χ1n) is 4.17. The second-order valence-corrected chi connectivity index (χ2v) is 2.72. The molecule has 0 radical (unpaired) electrons. The molecule has 0 saturated heterocycles. The predicted octanol–water partition coefficient (Wildman–Crippen LogP) is 1.20. The van der Waals surface area contributed by atoms with Crippen LogP contribution in [-0.2, 0) is 4.74 Å². The molecule has 0 aromatic heterocycles. The Morgan fingerprint density at radius 1 is 1.13 bits per heavy atom. The van der Waals surface area contributed by atoms with E-state index in [9.17, 15) is 9.90 Å². The number of hydrogen-bond acceptors (Lipinski definition) is 5. The zero-order valence-electron chi connectivity index (χ0n) is 8.73. The first-order chi connectivity index (χ1) is 7.13. The highest BCUT2D eigenvalue weighted by atomic mass is 16.5. The molecule has 1 aromatic carbocycles. The maximum absolute atomic E-state index is 11.3. The second kappa shape index (κ2) is 4.54. The molecule has 0 aliphatic heterocycles. The molecular weight excluding hydrogens is 200 g/mol. The van der Waals surface area contributed by atoms with Gasteiger partial charge in [0.05, 0.1) is 21.3 Å². The number of methoxy groups -OCH3 is 3. The molecule has 0 fully saturated rings. The predicted molar refractivity (Wildman–Crippen MR) is 52.6 cm³/mol. The van der Waals surface area contributed by atoms with E-state index in [-0.39, 0.29) is 22.8 Å². The number of ether oxygens (including phenoxy) is 3. The number of phenols is 1. The molecule has 5 heteroatoms. The van der Waals surface area contributed by atoms with Crippen LogP contribution in [0.25, 0.3) is 0 Å². The molecule has 0 unspecified atom stereocenters. The summed E-state index contributed by atoms with van der Waals surface area (Å²) in [5.41, 5.74) is 0.203. The maximum Gasteiger partial charge on any atom is 0.341 e. The zero-order chi connectivity index (χ0) is 11.4. The smallest absolute Gasteiger partial charge is 0.341 e. The van der Waals surface area contributed by atoms with Gasteiger partial charge in [0.15, 0.2) is 11.5 Å². The SMILES string of the molecule is COC(=O)c1cc(OC)c(O)cc1OC. The lowest BCUT2D eigenvalue weighted by Crippen LogP contribution is -2.04. The van der Waals surface area contributed by atoms with Gasteiger partial charge in [-0.2, -0.15) is 0 Å². The number of esters is 1. The van der Waals surface area contributed by atoms with Crippen LogP contribution in [-0.4, -0.2) is 32.4 Å². The van der Waals surface area contributed by atoms with E-state index in [0.29, 0.717) is 0 Å². The van der Waals surface area contributed by atoms with Crippen molar-refractivity contribution in [2.45, 2.75) is 0 Å². The number of carbonyl (C=O) groups excluding carboxylic acids is 1. The quantitative estimate of drug-likeness (QED) is 0.762. The summed E-state index contributed by atoms with van der Waals surface area (Å²) in [6, 6.07) is 2.66. The molecule has 0 heterocycles. The summed E-state index contributed by atoms with van der Waals surface area (Å²) in [6.45, 7) is 0. The number of hydrogen-bond donors (Lipinski definition) is 1. The maximum atomic E-state index is 11.3. The fourth-order valence-corrected chi connectivity index (χ4v) is 1.15. The molecule has 82 valence electrons. The van der Waals surface area contributed by atoms with Gasteiger partial charge in [-0.15, -0.1) is 0 Å². The van der Waals surface area contributed by atoms with E-state index in [1.807, 2.05) is 0 Å². The van der Waals surface area contributed by atoms with E-state index in [4.69, 9.17) is 9.47 Å². The van der Waals surface area contributed by atoms with Crippen LogP contribution in [0.3, 0.4) is 0 Å². The summed E-state index contributed by atoms with van der Waals surface area (Å²) in [5.74, 6) is -0.219. The first-order valence-corrected chi connectivity index (χ1v) is 4.17. The highest BCUT2D eigenvalue weighted by Crippen LogP contribution is 2.33. The van der Waals surface area contributed by atoms with Gasteiger partial charge < -0.3 is 19.3 Å². The van der Waals surface area contributed by atoms with Crippen LogP contribution >= 0.6 is 0 Å². The molecule has 0 atom stereocenters. The van der Waals surface area contributed by atoms with Crippen LogP contribution in [0.4, 0.5) is 0 Å². The number of carbonyl (C=O) groups is 1. The van der Waals surface area contributed by atoms with Crippen molar-refractivity contribution in [1.29, 1.82) is 0 Å². The van der Waals surface area contributed by atoms with Crippen molar-refractivity contribution >= 4 is 5.97 Å². The lowest BCUT2D eigenvalue weighted by Gasteiger charge is -2.10. The third-order valence-corrected chi connectivity index (χ3v) is 1.91. The monoisotopic (exact) mass is 212 g/mol. The molecule has 15 heavy (non-hydrogen) atoms. The third kappa shape index (κ3) is 2.12. The van der Waals surface area contributed by atoms with Gasteiger partial charge in [0, 0.05) is 12.1 Å². The zero-order valence-corrected chi connectivity index (χ0v) is 8.73. The van der Waals surface area contributed by atoms with Crippen LogP contribution < -0.4 is 9.47 Å². The van der Waals surface area contributed by atoms with Gasteiger partial charge in [-0.1, -0.05) is 0 Å². The van der Waals surface area contributed by atoms with Gasteiger partial charge in [0.2, 0.25) is 0 Å². The molecule has 0 spiro atoms. The van der Waals surface area contributed by atoms with E-state index in [1.54, 1.807) is 0 Å². The Morgan fingerprint density at radius 2 is 1.73 bits per heavy atom. The van der Waals surface area contributed by atoms with E-state index in [1.165, 1.54) is 33.5 Å². The minimum Gasteiger partial charge on any atom is -0.504 e. The normalized spacial score (nSPS) is 9.53. The molecule has 0 aliphatic rings. The van der Waals surface area contributed by atoms with Crippen molar-refractivity contribution in [3.05, 3.63) is 17.7 Å². The summed E-state index contributed by atoms with van der Waals surface area (Å²) in [7, 11) is 4.05. The number of phenolic OH excluding ortho intramolecular Hbond substituents is 1. The van der Waals surface area contributed by atoms with Crippen LogP contribution in [0.5, 0.6) is 17.2 Å². The minimum absolute atomic E-state index is 0.0954.